The van der Waals surface area contributed by atoms with Gasteiger partial charge in [-0.15, -0.1) is 0 Å². The van der Waals surface area contributed by atoms with Gasteiger partial charge in [0, 0.05) is 6.04 Å². The number of hydrogen-bond acceptors (Lipinski definition) is 3. The summed E-state index contributed by atoms with van der Waals surface area (Å²) in [6.45, 7) is 4.47. The fourth-order valence-electron chi connectivity index (χ4n) is 3.27. The normalized spacial score (nSPS) is 20.3. The van der Waals surface area contributed by atoms with E-state index < -0.39 is 0 Å². The van der Waals surface area contributed by atoms with Gasteiger partial charge in [-0.05, 0) is 49.9 Å². The quantitative estimate of drug-likeness (QED) is 0.898. The molecule has 2 unspecified atom stereocenters. The van der Waals surface area contributed by atoms with E-state index in [2.05, 4.69) is 17.3 Å². The molecule has 1 aromatic carbocycles. The van der Waals surface area contributed by atoms with Crippen LogP contribution in [-0.2, 0) is 0 Å². The molecule has 0 radical (unpaired) electrons. The molecule has 0 aliphatic heterocycles. The monoisotopic (exact) mass is 345 g/mol. The van der Waals surface area contributed by atoms with E-state index in [1.807, 2.05) is 6.92 Å². The smallest absolute Gasteiger partial charge is 0.275 e. The number of benzene rings is 1. The summed E-state index contributed by atoms with van der Waals surface area (Å²) in [6.07, 6.45) is 6.15. The topological polar surface area (TPSA) is 56.2 Å². The third kappa shape index (κ3) is 4.00. The summed E-state index contributed by atoms with van der Waals surface area (Å²) in [6, 6.07) is 6.12. The van der Waals surface area contributed by atoms with Crippen molar-refractivity contribution in [1.82, 2.24) is 15.1 Å². The molecule has 25 heavy (non-hydrogen) atoms. The van der Waals surface area contributed by atoms with Crippen LogP contribution in [0.2, 0.25) is 0 Å². The van der Waals surface area contributed by atoms with Gasteiger partial charge in [-0.2, -0.15) is 5.10 Å². The van der Waals surface area contributed by atoms with Gasteiger partial charge in [0.15, 0.2) is 11.4 Å². The summed E-state index contributed by atoms with van der Waals surface area (Å²) in [5, 5.41) is 7.48. The van der Waals surface area contributed by atoms with Crippen LogP contribution in [0.1, 0.15) is 50.0 Å². The number of amides is 1. The molecule has 2 aromatic rings. The minimum absolute atomic E-state index is 0.173. The van der Waals surface area contributed by atoms with Crippen molar-refractivity contribution in [2.45, 2.75) is 45.6 Å². The Hall–Kier alpha value is -2.37. The lowest BCUT2D eigenvalue weighted by molar-refractivity contribution is 0.0901. The average molecular weight is 345 g/mol. The van der Waals surface area contributed by atoms with E-state index >= 15 is 0 Å². The van der Waals surface area contributed by atoms with Gasteiger partial charge in [-0.3, -0.25) is 4.79 Å². The van der Waals surface area contributed by atoms with E-state index in [4.69, 9.17) is 4.74 Å². The summed E-state index contributed by atoms with van der Waals surface area (Å²) in [5.41, 5.74) is 0.941. The second kappa shape index (κ2) is 7.68. The average Bonchev–Trinajstić information content (AvgIpc) is 3.02. The Morgan fingerprint density at radius 1 is 1.32 bits per heavy atom. The van der Waals surface area contributed by atoms with Gasteiger partial charge in [-0.25, -0.2) is 9.07 Å². The number of carbonyl (C=O) groups excluding carboxylic acids is 1. The van der Waals surface area contributed by atoms with Crippen molar-refractivity contribution >= 4 is 5.91 Å². The van der Waals surface area contributed by atoms with E-state index in [1.54, 1.807) is 23.0 Å². The predicted molar refractivity (Wildman–Crippen MR) is 93.6 cm³/mol. The molecule has 3 rings (SSSR count). The minimum atomic E-state index is -0.315. The Balaban J connectivity index is 1.83. The number of ether oxygens (including phenoxy) is 1. The van der Waals surface area contributed by atoms with Gasteiger partial charge >= 0.3 is 0 Å². The van der Waals surface area contributed by atoms with Crippen molar-refractivity contribution < 1.29 is 13.9 Å². The number of carbonyl (C=O) groups is 1. The van der Waals surface area contributed by atoms with Gasteiger partial charge in [0.05, 0.1) is 18.5 Å². The maximum atomic E-state index is 13.1. The second-order valence-electron chi connectivity index (χ2n) is 6.54. The molecule has 6 heteroatoms. The Labute approximate surface area is 147 Å². The van der Waals surface area contributed by atoms with Crippen molar-refractivity contribution in [2.24, 2.45) is 5.92 Å². The number of nitrogens with one attached hydrogen (secondary N) is 1. The van der Waals surface area contributed by atoms with Crippen LogP contribution in [0.3, 0.4) is 0 Å². The molecule has 1 saturated carbocycles. The first-order chi connectivity index (χ1) is 12.1. The van der Waals surface area contributed by atoms with E-state index in [1.165, 1.54) is 18.6 Å². The molecule has 0 spiro atoms. The Kier molecular flexibility index (Phi) is 5.36. The lowest BCUT2D eigenvalue weighted by Crippen LogP contribution is -2.41. The molecule has 0 saturated heterocycles. The highest BCUT2D eigenvalue weighted by atomic mass is 19.1. The van der Waals surface area contributed by atoms with Crippen molar-refractivity contribution in [3.05, 3.63) is 42.0 Å². The molecule has 1 aromatic heterocycles. The molecule has 1 heterocycles. The highest BCUT2D eigenvalue weighted by molar-refractivity contribution is 5.95. The molecule has 1 amide bonds. The summed E-state index contributed by atoms with van der Waals surface area (Å²) in [4.78, 5) is 12.7. The third-order valence-corrected chi connectivity index (χ3v) is 4.71. The molecule has 1 aliphatic rings. The number of halogens is 1. The third-order valence-electron chi connectivity index (χ3n) is 4.71. The van der Waals surface area contributed by atoms with Gasteiger partial charge in [0.1, 0.15) is 5.82 Å². The molecule has 1 fully saturated rings. The summed E-state index contributed by atoms with van der Waals surface area (Å²) in [7, 11) is 0. The van der Waals surface area contributed by atoms with Crippen LogP contribution in [0.4, 0.5) is 4.39 Å². The largest absolute Gasteiger partial charge is 0.490 e. The standard InChI is InChI=1S/C19H24FN3O2/c1-3-25-17-12-23(15-10-8-14(20)9-11-15)22-18(17)19(24)21-16-7-5-4-6-13(16)2/h8-13,16H,3-7H2,1-2H3,(H,21,24). The van der Waals surface area contributed by atoms with Gasteiger partial charge < -0.3 is 10.1 Å². The van der Waals surface area contributed by atoms with E-state index in [9.17, 15) is 9.18 Å². The molecule has 1 aliphatic carbocycles. The van der Waals surface area contributed by atoms with Crippen LogP contribution in [0.25, 0.3) is 5.69 Å². The summed E-state index contributed by atoms with van der Waals surface area (Å²) in [5.74, 6) is 0.369. The van der Waals surface area contributed by atoms with Crippen LogP contribution >= 0.6 is 0 Å². The Morgan fingerprint density at radius 3 is 2.72 bits per heavy atom. The van der Waals surface area contributed by atoms with Crippen LogP contribution in [0, 0.1) is 11.7 Å². The van der Waals surface area contributed by atoms with Gasteiger partial charge in [0.25, 0.3) is 5.91 Å². The second-order valence-corrected chi connectivity index (χ2v) is 6.54. The maximum Gasteiger partial charge on any atom is 0.275 e. The molecular formula is C19H24FN3O2. The van der Waals surface area contributed by atoms with Crippen LogP contribution in [-0.4, -0.2) is 28.3 Å². The highest BCUT2D eigenvalue weighted by Gasteiger charge is 2.26. The number of nitrogens with zero attached hydrogens (tertiary/aromatic N) is 2. The Bertz CT molecular complexity index is 727. The first kappa shape index (κ1) is 17.5. The molecular weight excluding hydrogens is 321 g/mol. The van der Waals surface area contributed by atoms with Crippen molar-refractivity contribution in [3.63, 3.8) is 0 Å². The maximum absolute atomic E-state index is 13.1. The van der Waals surface area contributed by atoms with Crippen LogP contribution < -0.4 is 10.1 Å². The fourth-order valence-corrected chi connectivity index (χ4v) is 3.27. The Morgan fingerprint density at radius 2 is 2.04 bits per heavy atom. The summed E-state index contributed by atoms with van der Waals surface area (Å²) >= 11 is 0. The van der Waals surface area contributed by atoms with Crippen LogP contribution in [0.5, 0.6) is 5.75 Å². The van der Waals surface area contributed by atoms with E-state index in [-0.39, 0.29) is 23.5 Å². The molecule has 1 N–H and O–H groups in total. The van der Waals surface area contributed by atoms with Crippen molar-refractivity contribution in [2.75, 3.05) is 6.61 Å². The lowest BCUT2D eigenvalue weighted by Gasteiger charge is -2.29. The summed E-state index contributed by atoms with van der Waals surface area (Å²) < 4.78 is 20.2. The van der Waals surface area contributed by atoms with Crippen molar-refractivity contribution in [3.8, 4) is 11.4 Å². The zero-order chi connectivity index (χ0) is 17.8. The van der Waals surface area contributed by atoms with Gasteiger partial charge in [0.2, 0.25) is 0 Å². The molecule has 0 bridgehead atoms. The predicted octanol–water partition coefficient (Wildman–Crippen LogP) is 3.72. The zero-order valence-corrected chi connectivity index (χ0v) is 14.7. The van der Waals surface area contributed by atoms with Crippen molar-refractivity contribution in [1.29, 1.82) is 0 Å². The van der Waals surface area contributed by atoms with Crippen LogP contribution in [0.15, 0.2) is 30.5 Å². The zero-order valence-electron chi connectivity index (χ0n) is 14.7. The fraction of sp³-hybridized carbons (Fsp3) is 0.474. The van der Waals surface area contributed by atoms with E-state index in [0.717, 1.165) is 19.3 Å². The number of rotatable bonds is 5. The number of aromatic nitrogens is 2. The first-order valence-corrected chi connectivity index (χ1v) is 8.87. The minimum Gasteiger partial charge on any atom is -0.490 e. The highest BCUT2D eigenvalue weighted by Crippen LogP contribution is 2.25. The first-order valence-electron chi connectivity index (χ1n) is 8.87. The number of hydrogen-bond donors (Lipinski definition) is 1. The van der Waals surface area contributed by atoms with E-state index in [0.29, 0.717) is 24.0 Å². The molecule has 5 nitrogen and oxygen atoms in total. The molecule has 2 atom stereocenters. The lowest BCUT2D eigenvalue weighted by atomic mass is 9.86. The molecule has 134 valence electrons. The SMILES string of the molecule is CCOc1cn(-c2ccc(F)cc2)nc1C(=O)NC1CCCCC1C. The van der Waals surface area contributed by atoms with Gasteiger partial charge in [-0.1, -0.05) is 19.8 Å².